The number of nitrogens with zero attached hydrogens (tertiary/aromatic N) is 1. The Morgan fingerprint density at radius 3 is 2.53 bits per heavy atom. The fourth-order valence-electron chi connectivity index (χ4n) is 3.75. The summed E-state index contributed by atoms with van der Waals surface area (Å²) in [6.45, 7) is 3.65. The lowest BCUT2D eigenvalue weighted by Gasteiger charge is -2.27. The van der Waals surface area contributed by atoms with Crippen molar-refractivity contribution in [1.29, 1.82) is 0 Å². The van der Waals surface area contributed by atoms with Gasteiger partial charge in [-0.3, -0.25) is 4.90 Å². The molecule has 32 heavy (non-hydrogen) atoms. The van der Waals surface area contributed by atoms with Crippen molar-refractivity contribution < 1.29 is 24.1 Å². The standard InChI is InChI=1S/C24H31Cl2NO5/c1-29-12-13-31-23-14-18(4-7-22(23)30-2)16-27-10-3-8-24(28,9-11-27)17-32-19-5-6-20(25)21(26)15-19/h4-7,14-15,28H,3,8-13,16-17H2,1-2H3/t24-/m1/s1. The van der Waals surface area contributed by atoms with Gasteiger partial charge < -0.3 is 24.1 Å². The Morgan fingerprint density at radius 2 is 1.78 bits per heavy atom. The zero-order valence-corrected chi connectivity index (χ0v) is 20.1. The number of methoxy groups -OCH3 is 2. The van der Waals surface area contributed by atoms with Crippen LogP contribution in [0.25, 0.3) is 0 Å². The second-order valence-electron chi connectivity index (χ2n) is 8.05. The number of benzene rings is 2. The van der Waals surface area contributed by atoms with Gasteiger partial charge in [-0.05, 0) is 55.6 Å². The molecule has 176 valence electrons. The zero-order chi connectivity index (χ0) is 23.0. The van der Waals surface area contributed by atoms with E-state index in [1.165, 1.54) is 0 Å². The van der Waals surface area contributed by atoms with Crippen molar-refractivity contribution in [3.63, 3.8) is 0 Å². The molecule has 0 bridgehead atoms. The molecule has 0 radical (unpaired) electrons. The minimum Gasteiger partial charge on any atom is -0.493 e. The van der Waals surface area contributed by atoms with Gasteiger partial charge in [-0.25, -0.2) is 0 Å². The Balaban J connectivity index is 1.56. The van der Waals surface area contributed by atoms with E-state index in [0.717, 1.165) is 31.6 Å². The molecule has 2 aromatic rings. The van der Waals surface area contributed by atoms with Gasteiger partial charge in [0, 0.05) is 26.3 Å². The molecule has 0 amide bonds. The number of ether oxygens (including phenoxy) is 4. The molecule has 1 fully saturated rings. The summed E-state index contributed by atoms with van der Waals surface area (Å²) in [4.78, 5) is 2.35. The third-order valence-corrected chi connectivity index (χ3v) is 6.33. The fourth-order valence-corrected chi connectivity index (χ4v) is 4.04. The van der Waals surface area contributed by atoms with Crippen molar-refractivity contribution in [2.75, 3.05) is 47.1 Å². The van der Waals surface area contributed by atoms with E-state index < -0.39 is 5.60 Å². The van der Waals surface area contributed by atoms with Crippen molar-refractivity contribution in [3.8, 4) is 17.2 Å². The van der Waals surface area contributed by atoms with Gasteiger partial charge in [-0.1, -0.05) is 29.3 Å². The van der Waals surface area contributed by atoms with Crippen molar-refractivity contribution in [1.82, 2.24) is 4.90 Å². The van der Waals surface area contributed by atoms with Crippen LogP contribution in [0, 0.1) is 0 Å². The van der Waals surface area contributed by atoms with Gasteiger partial charge in [-0.15, -0.1) is 0 Å². The van der Waals surface area contributed by atoms with Gasteiger partial charge in [0.2, 0.25) is 0 Å². The largest absolute Gasteiger partial charge is 0.493 e. The van der Waals surface area contributed by atoms with Crippen LogP contribution >= 0.6 is 23.2 Å². The van der Waals surface area contributed by atoms with Gasteiger partial charge in [0.25, 0.3) is 0 Å². The van der Waals surface area contributed by atoms with Crippen molar-refractivity contribution in [2.45, 2.75) is 31.4 Å². The van der Waals surface area contributed by atoms with E-state index in [-0.39, 0.29) is 6.61 Å². The topological polar surface area (TPSA) is 60.4 Å². The molecule has 3 rings (SSSR count). The highest BCUT2D eigenvalue weighted by Crippen LogP contribution is 2.31. The maximum absolute atomic E-state index is 11.1. The summed E-state index contributed by atoms with van der Waals surface area (Å²) in [5.41, 5.74) is 0.255. The van der Waals surface area contributed by atoms with E-state index in [9.17, 15) is 5.11 Å². The summed E-state index contributed by atoms with van der Waals surface area (Å²) >= 11 is 12.0. The van der Waals surface area contributed by atoms with Gasteiger partial charge in [0.15, 0.2) is 11.5 Å². The van der Waals surface area contributed by atoms with Crippen LogP contribution in [0.3, 0.4) is 0 Å². The van der Waals surface area contributed by atoms with E-state index in [0.29, 0.717) is 53.3 Å². The Labute approximate surface area is 199 Å². The number of hydrogen-bond donors (Lipinski definition) is 1. The van der Waals surface area contributed by atoms with Gasteiger partial charge in [0.05, 0.1) is 29.4 Å². The maximum Gasteiger partial charge on any atom is 0.161 e. The quantitative estimate of drug-likeness (QED) is 0.488. The summed E-state index contributed by atoms with van der Waals surface area (Å²) < 4.78 is 22.1. The Morgan fingerprint density at radius 1 is 0.938 bits per heavy atom. The molecular formula is C24H31Cl2NO5. The predicted molar refractivity (Wildman–Crippen MR) is 126 cm³/mol. The lowest BCUT2D eigenvalue weighted by atomic mass is 9.96. The summed E-state index contributed by atoms with van der Waals surface area (Å²) in [7, 11) is 3.28. The fraction of sp³-hybridized carbons (Fsp3) is 0.500. The molecule has 1 heterocycles. The monoisotopic (exact) mass is 483 g/mol. The molecule has 1 N–H and O–H groups in total. The molecule has 0 spiro atoms. The van der Waals surface area contributed by atoms with Crippen LogP contribution in [0.2, 0.25) is 10.0 Å². The van der Waals surface area contributed by atoms with Crippen LogP contribution < -0.4 is 14.2 Å². The first kappa shape index (κ1) is 24.9. The first-order valence-corrected chi connectivity index (χ1v) is 11.5. The molecule has 2 aromatic carbocycles. The Kier molecular flexibility index (Phi) is 9.32. The summed E-state index contributed by atoms with van der Waals surface area (Å²) in [5, 5.41) is 12.0. The predicted octanol–water partition coefficient (Wildman–Crippen LogP) is 4.82. The number of aliphatic hydroxyl groups is 1. The van der Waals surface area contributed by atoms with E-state index in [1.54, 1.807) is 32.4 Å². The SMILES string of the molecule is COCCOc1cc(CN2CCC[C@](O)(COc3ccc(Cl)c(Cl)c3)CC2)ccc1OC. The molecule has 6 nitrogen and oxygen atoms in total. The molecule has 8 heteroatoms. The summed E-state index contributed by atoms with van der Waals surface area (Å²) in [5.74, 6) is 2.02. The second kappa shape index (κ2) is 12.0. The minimum absolute atomic E-state index is 0.221. The number of rotatable bonds is 10. The first-order valence-electron chi connectivity index (χ1n) is 10.7. The van der Waals surface area contributed by atoms with E-state index in [1.807, 2.05) is 18.2 Å². The normalized spacial score (nSPS) is 19.4. The van der Waals surface area contributed by atoms with Crippen LogP contribution in [-0.2, 0) is 11.3 Å². The van der Waals surface area contributed by atoms with E-state index in [2.05, 4.69) is 4.90 Å². The molecule has 1 aliphatic rings. The van der Waals surface area contributed by atoms with Gasteiger partial charge in [-0.2, -0.15) is 0 Å². The van der Waals surface area contributed by atoms with Crippen molar-refractivity contribution >= 4 is 23.2 Å². The lowest BCUT2D eigenvalue weighted by Crippen LogP contribution is -2.37. The summed E-state index contributed by atoms with van der Waals surface area (Å²) in [6.07, 6.45) is 2.19. The molecule has 1 atom stereocenters. The molecule has 0 aliphatic carbocycles. The number of likely N-dealkylation sites (tertiary alicyclic amines) is 1. The van der Waals surface area contributed by atoms with Crippen molar-refractivity contribution in [2.24, 2.45) is 0 Å². The van der Waals surface area contributed by atoms with E-state index in [4.69, 9.17) is 42.1 Å². The first-order chi connectivity index (χ1) is 15.4. The Hall–Kier alpha value is -1.70. The highest BCUT2D eigenvalue weighted by Gasteiger charge is 2.31. The van der Waals surface area contributed by atoms with Gasteiger partial charge in [0.1, 0.15) is 19.0 Å². The highest BCUT2D eigenvalue weighted by molar-refractivity contribution is 6.42. The minimum atomic E-state index is -0.880. The van der Waals surface area contributed by atoms with E-state index >= 15 is 0 Å². The molecule has 1 saturated heterocycles. The average molecular weight is 484 g/mol. The smallest absolute Gasteiger partial charge is 0.161 e. The third kappa shape index (κ3) is 7.15. The van der Waals surface area contributed by atoms with Crippen LogP contribution in [0.1, 0.15) is 24.8 Å². The Bertz CT molecular complexity index is 881. The van der Waals surface area contributed by atoms with Crippen LogP contribution in [0.4, 0.5) is 0 Å². The molecule has 0 unspecified atom stereocenters. The van der Waals surface area contributed by atoms with Crippen LogP contribution in [0.5, 0.6) is 17.2 Å². The van der Waals surface area contributed by atoms with Crippen molar-refractivity contribution in [3.05, 3.63) is 52.0 Å². The summed E-state index contributed by atoms with van der Waals surface area (Å²) in [6, 6.07) is 11.1. The molecule has 1 aliphatic heterocycles. The number of halogens is 2. The van der Waals surface area contributed by atoms with Crippen LogP contribution in [0.15, 0.2) is 36.4 Å². The zero-order valence-electron chi connectivity index (χ0n) is 18.6. The molecule has 0 aromatic heterocycles. The third-order valence-electron chi connectivity index (χ3n) is 5.59. The average Bonchev–Trinajstić information content (AvgIpc) is 2.97. The molecular weight excluding hydrogens is 453 g/mol. The lowest BCUT2D eigenvalue weighted by molar-refractivity contribution is -0.0168. The highest BCUT2D eigenvalue weighted by atomic mass is 35.5. The molecule has 0 saturated carbocycles. The van der Waals surface area contributed by atoms with Crippen LogP contribution in [-0.4, -0.2) is 62.7 Å². The second-order valence-corrected chi connectivity index (χ2v) is 8.86. The maximum atomic E-state index is 11.1. The number of hydrogen-bond acceptors (Lipinski definition) is 6. The van der Waals surface area contributed by atoms with Gasteiger partial charge >= 0.3 is 0 Å².